The van der Waals surface area contributed by atoms with Gasteiger partial charge in [0.1, 0.15) is 6.61 Å². The average molecular weight is 312 g/mol. The van der Waals surface area contributed by atoms with E-state index in [9.17, 15) is 4.79 Å². The summed E-state index contributed by atoms with van der Waals surface area (Å²) in [7, 11) is 0. The first-order chi connectivity index (χ1) is 10.9. The number of nitrogens with one attached hydrogen (secondary N) is 2. The van der Waals surface area contributed by atoms with Gasteiger partial charge in [-0.05, 0) is 34.7 Å². The van der Waals surface area contributed by atoms with E-state index < -0.39 is 12.5 Å². The first-order valence-corrected chi connectivity index (χ1v) is 7.72. The lowest BCUT2D eigenvalue weighted by Crippen LogP contribution is -2.15. The predicted octanol–water partition coefficient (Wildman–Crippen LogP) is 3.53. The lowest BCUT2D eigenvalue weighted by molar-refractivity contribution is -0.118. The van der Waals surface area contributed by atoms with Gasteiger partial charge in [0, 0.05) is 17.9 Å². The van der Waals surface area contributed by atoms with Crippen LogP contribution in [0.3, 0.4) is 0 Å². The van der Waals surface area contributed by atoms with Crippen molar-refractivity contribution < 1.29 is 9.90 Å². The highest BCUT2D eigenvalue weighted by Crippen LogP contribution is 2.22. The Labute approximate surface area is 137 Å². The third kappa shape index (κ3) is 5.11. The zero-order valence-electron chi connectivity index (χ0n) is 13.9. The van der Waals surface area contributed by atoms with Crippen LogP contribution in [0.4, 0.5) is 11.4 Å². The average Bonchev–Trinajstić information content (AvgIpc) is 2.53. The van der Waals surface area contributed by atoms with Crippen molar-refractivity contribution in [2.45, 2.75) is 32.7 Å². The van der Waals surface area contributed by atoms with Crippen molar-refractivity contribution in [3.05, 3.63) is 59.7 Å². The molecule has 0 fully saturated rings. The molecule has 0 aromatic heterocycles. The molecule has 0 aliphatic carbocycles. The van der Waals surface area contributed by atoms with Gasteiger partial charge in [-0.3, -0.25) is 4.79 Å². The predicted molar refractivity (Wildman–Crippen MR) is 94.6 cm³/mol. The van der Waals surface area contributed by atoms with Gasteiger partial charge in [-0.15, -0.1) is 0 Å². The van der Waals surface area contributed by atoms with Crippen LogP contribution in [0.1, 0.15) is 31.9 Å². The van der Waals surface area contributed by atoms with Crippen molar-refractivity contribution in [3.8, 4) is 0 Å². The lowest BCUT2D eigenvalue weighted by atomic mass is 9.87. The molecule has 1 amide bonds. The Kier molecular flexibility index (Phi) is 5.40. The second-order valence-electron chi connectivity index (χ2n) is 6.59. The molecule has 2 rings (SSSR count). The topological polar surface area (TPSA) is 61.4 Å². The Balaban J connectivity index is 1.98. The quantitative estimate of drug-likeness (QED) is 0.791. The van der Waals surface area contributed by atoms with Gasteiger partial charge in [0.15, 0.2) is 0 Å². The molecule has 0 unspecified atom stereocenters. The van der Waals surface area contributed by atoms with Gasteiger partial charge < -0.3 is 15.7 Å². The van der Waals surface area contributed by atoms with Crippen molar-refractivity contribution in [2.75, 3.05) is 17.2 Å². The van der Waals surface area contributed by atoms with Crippen molar-refractivity contribution in [1.29, 1.82) is 0 Å². The number of amides is 1. The van der Waals surface area contributed by atoms with E-state index in [2.05, 4.69) is 55.7 Å². The molecule has 0 radical (unpaired) electrons. The van der Waals surface area contributed by atoms with E-state index in [-0.39, 0.29) is 5.41 Å². The molecular weight excluding hydrogens is 288 g/mol. The fourth-order valence-corrected chi connectivity index (χ4v) is 2.23. The van der Waals surface area contributed by atoms with Crippen LogP contribution in [0.15, 0.2) is 48.5 Å². The zero-order valence-corrected chi connectivity index (χ0v) is 13.9. The van der Waals surface area contributed by atoms with Gasteiger partial charge >= 0.3 is 0 Å². The number of aliphatic hydroxyl groups excluding tert-OH is 1. The van der Waals surface area contributed by atoms with Crippen molar-refractivity contribution in [2.24, 2.45) is 0 Å². The Morgan fingerprint density at radius 2 is 1.70 bits per heavy atom. The maximum absolute atomic E-state index is 11.2. The molecular formula is C19H24N2O2. The van der Waals surface area contributed by atoms with E-state index in [1.165, 1.54) is 11.1 Å². The summed E-state index contributed by atoms with van der Waals surface area (Å²) in [5, 5.41) is 14.7. The number of carbonyl (C=O) groups excluding carboxylic acids is 1. The summed E-state index contributed by atoms with van der Waals surface area (Å²) >= 11 is 0. The van der Waals surface area contributed by atoms with Crippen LogP contribution in [-0.2, 0) is 16.8 Å². The Hall–Kier alpha value is -2.33. The van der Waals surface area contributed by atoms with E-state index in [0.717, 1.165) is 5.69 Å². The molecule has 122 valence electrons. The first-order valence-electron chi connectivity index (χ1n) is 7.72. The highest BCUT2D eigenvalue weighted by Gasteiger charge is 2.12. The molecule has 0 atom stereocenters. The van der Waals surface area contributed by atoms with Gasteiger partial charge in [-0.1, -0.05) is 51.1 Å². The number of hydrogen-bond donors (Lipinski definition) is 3. The van der Waals surface area contributed by atoms with Crippen LogP contribution in [0, 0.1) is 0 Å². The summed E-state index contributed by atoms with van der Waals surface area (Å²) in [6.07, 6.45) is 0. The Bertz CT molecular complexity index is 658. The third-order valence-electron chi connectivity index (χ3n) is 3.61. The minimum absolute atomic E-state index is 0.158. The number of anilines is 2. The largest absolute Gasteiger partial charge is 0.387 e. The molecule has 2 aromatic carbocycles. The maximum Gasteiger partial charge on any atom is 0.250 e. The van der Waals surface area contributed by atoms with Crippen LogP contribution in [0.2, 0.25) is 0 Å². The van der Waals surface area contributed by atoms with Gasteiger partial charge in [-0.25, -0.2) is 0 Å². The van der Waals surface area contributed by atoms with Crippen LogP contribution in [-0.4, -0.2) is 17.6 Å². The standard InChI is InChI=1S/C19H24N2O2/c1-19(2,3)15-9-7-14(8-10-15)12-20-16-5-4-6-17(11-16)21-18(23)13-22/h4-11,20,22H,12-13H2,1-3H3,(H,21,23). The minimum atomic E-state index is -0.516. The minimum Gasteiger partial charge on any atom is -0.387 e. The molecule has 4 heteroatoms. The number of hydrogen-bond acceptors (Lipinski definition) is 3. The number of benzene rings is 2. The second kappa shape index (κ2) is 7.29. The summed E-state index contributed by atoms with van der Waals surface area (Å²) in [6.45, 7) is 6.80. The molecule has 3 N–H and O–H groups in total. The number of carbonyl (C=O) groups is 1. The first kappa shape index (κ1) is 17.0. The molecule has 0 aliphatic heterocycles. The summed E-state index contributed by atoms with van der Waals surface area (Å²) in [6, 6.07) is 16.0. The van der Waals surface area contributed by atoms with Crippen LogP contribution in [0.25, 0.3) is 0 Å². The SMILES string of the molecule is CC(C)(C)c1ccc(CNc2cccc(NC(=O)CO)c2)cc1. The number of aliphatic hydroxyl groups is 1. The summed E-state index contributed by atoms with van der Waals surface area (Å²) in [5.41, 5.74) is 4.25. The fourth-order valence-electron chi connectivity index (χ4n) is 2.23. The molecule has 0 bridgehead atoms. The third-order valence-corrected chi connectivity index (χ3v) is 3.61. The van der Waals surface area contributed by atoms with E-state index in [4.69, 9.17) is 5.11 Å². The van der Waals surface area contributed by atoms with Crippen molar-refractivity contribution in [1.82, 2.24) is 0 Å². The molecule has 0 saturated heterocycles. The Morgan fingerprint density at radius 1 is 1.04 bits per heavy atom. The fraction of sp³-hybridized carbons (Fsp3) is 0.316. The molecule has 0 heterocycles. The molecule has 0 aliphatic rings. The number of rotatable bonds is 5. The zero-order chi connectivity index (χ0) is 16.9. The van der Waals surface area contributed by atoms with Crippen LogP contribution in [0.5, 0.6) is 0 Å². The monoisotopic (exact) mass is 312 g/mol. The van der Waals surface area contributed by atoms with Gasteiger partial charge in [0.05, 0.1) is 0 Å². The van der Waals surface area contributed by atoms with Crippen molar-refractivity contribution >= 4 is 17.3 Å². The molecule has 2 aromatic rings. The highest BCUT2D eigenvalue weighted by molar-refractivity contribution is 5.91. The summed E-state index contributed by atoms with van der Waals surface area (Å²) in [5.74, 6) is -0.417. The van der Waals surface area contributed by atoms with Gasteiger partial charge in [-0.2, -0.15) is 0 Å². The van der Waals surface area contributed by atoms with E-state index in [1.807, 2.05) is 18.2 Å². The molecule has 4 nitrogen and oxygen atoms in total. The Morgan fingerprint density at radius 3 is 2.30 bits per heavy atom. The van der Waals surface area contributed by atoms with Gasteiger partial charge in [0.25, 0.3) is 0 Å². The smallest absolute Gasteiger partial charge is 0.250 e. The maximum atomic E-state index is 11.2. The van der Waals surface area contributed by atoms with E-state index in [1.54, 1.807) is 6.07 Å². The normalized spacial score (nSPS) is 11.1. The lowest BCUT2D eigenvalue weighted by Gasteiger charge is -2.19. The van der Waals surface area contributed by atoms with E-state index in [0.29, 0.717) is 12.2 Å². The highest BCUT2D eigenvalue weighted by atomic mass is 16.3. The molecule has 0 spiro atoms. The summed E-state index contributed by atoms with van der Waals surface area (Å²) in [4.78, 5) is 11.2. The van der Waals surface area contributed by atoms with Crippen LogP contribution >= 0.6 is 0 Å². The second-order valence-corrected chi connectivity index (χ2v) is 6.59. The van der Waals surface area contributed by atoms with Crippen LogP contribution < -0.4 is 10.6 Å². The van der Waals surface area contributed by atoms with E-state index >= 15 is 0 Å². The molecule has 0 saturated carbocycles. The van der Waals surface area contributed by atoms with Gasteiger partial charge in [0.2, 0.25) is 5.91 Å². The molecule has 23 heavy (non-hydrogen) atoms. The van der Waals surface area contributed by atoms with Crippen molar-refractivity contribution in [3.63, 3.8) is 0 Å². The summed E-state index contributed by atoms with van der Waals surface area (Å²) < 4.78 is 0.